The fourth-order valence-electron chi connectivity index (χ4n) is 3.20. The second-order valence-electron chi connectivity index (χ2n) is 5.83. The van der Waals surface area contributed by atoms with E-state index in [4.69, 9.17) is 18.9 Å². The van der Waals surface area contributed by atoms with Gasteiger partial charge in [-0.25, -0.2) is 0 Å². The number of rotatable bonds is 5. The van der Waals surface area contributed by atoms with Crippen molar-refractivity contribution in [3.8, 4) is 23.0 Å². The molecule has 2 aromatic carbocycles. The zero-order chi connectivity index (χ0) is 18.8. The molecule has 6 nitrogen and oxygen atoms in total. The van der Waals surface area contributed by atoms with Gasteiger partial charge in [0.2, 0.25) is 5.91 Å². The number of benzene rings is 2. The van der Waals surface area contributed by atoms with Crippen LogP contribution in [0.15, 0.2) is 28.7 Å². The summed E-state index contributed by atoms with van der Waals surface area (Å²) in [5.74, 6) is 2.20. The lowest BCUT2D eigenvalue weighted by Crippen LogP contribution is -2.24. The molecule has 0 fully saturated rings. The molecule has 2 aromatic rings. The van der Waals surface area contributed by atoms with E-state index < -0.39 is 0 Å². The molecular weight excluding hydrogens is 402 g/mol. The molecule has 0 aliphatic carbocycles. The number of hydrogen-bond donors (Lipinski definition) is 1. The van der Waals surface area contributed by atoms with E-state index in [9.17, 15) is 4.79 Å². The van der Waals surface area contributed by atoms with E-state index in [-0.39, 0.29) is 11.8 Å². The van der Waals surface area contributed by atoms with Gasteiger partial charge in [-0.15, -0.1) is 0 Å². The van der Waals surface area contributed by atoms with Gasteiger partial charge in [0.1, 0.15) is 0 Å². The van der Waals surface area contributed by atoms with Gasteiger partial charge < -0.3 is 24.3 Å². The van der Waals surface area contributed by atoms with Gasteiger partial charge in [-0.3, -0.25) is 4.79 Å². The predicted octanol–water partition coefficient (Wildman–Crippen LogP) is 3.96. The number of ether oxygens (including phenoxy) is 4. The van der Waals surface area contributed by atoms with Crippen LogP contribution in [0.5, 0.6) is 23.0 Å². The standard InChI is InChI=1S/C19H20BrNO5/c1-23-15-5-11(13(20)8-17(15)25-3)10-7-19(22)21-14-9-18(26-4)16(24-2)6-12(10)14/h5-6,8-10H,7H2,1-4H3,(H,21,22)/t10-/m1/s1. The third-order valence-electron chi connectivity index (χ3n) is 4.47. The van der Waals surface area contributed by atoms with Gasteiger partial charge in [-0.05, 0) is 29.3 Å². The second kappa shape index (κ2) is 7.45. The third kappa shape index (κ3) is 3.19. The largest absolute Gasteiger partial charge is 0.493 e. The normalized spacial score (nSPS) is 15.7. The number of halogens is 1. The second-order valence-corrected chi connectivity index (χ2v) is 6.68. The van der Waals surface area contributed by atoms with Crippen molar-refractivity contribution < 1.29 is 23.7 Å². The van der Waals surface area contributed by atoms with Crippen LogP contribution in [-0.4, -0.2) is 34.3 Å². The van der Waals surface area contributed by atoms with E-state index in [0.717, 1.165) is 15.6 Å². The Morgan fingerprint density at radius 1 is 0.846 bits per heavy atom. The number of carbonyl (C=O) groups excluding carboxylic acids is 1. The molecule has 1 heterocycles. The molecule has 1 aliphatic heterocycles. The van der Waals surface area contributed by atoms with E-state index in [1.165, 1.54) is 0 Å². The molecule has 1 amide bonds. The van der Waals surface area contributed by atoms with Gasteiger partial charge in [0.05, 0.1) is 28.4 Å². The van der Waals surface area contributed by atoms with Crippen LogP contribution in [0.2, 0.25) is 0 Å². The molecule has 0 spiro atoms. The first-order chi connectivity index (χ1) is 12.5. The topological polar surface area (TPSA) is 66.0 Å². The maximum absolute atomic E-state index is 12.3. The smallest absolute Gasteiger partial charge is 0.225 e. The minimum absolute atomic E-state index is 0.0589. The molecule has 3 rings (SSSR count). The molecule has 0 saturated heterocycles. The Labute approximate surface area is 160 Å². The summed E-state index contributed by atoms with van der Waals surface area (Å²) in [5, 5.41) is 2.91. The molecule has 26 heavy (non-hydrogen) atoms. The average molecular weight is 422 g/mol. The van der Waals surface area contributed by atoms with Crippen molar-refractivity contribution in [2.24, 2.45) is 0 Å². The molecule has 0 radical (unpaired) electrons. The molecule has 0 unspecified atom stereocenters. The molecule has 1 N–H and O–H groups in total. The third-order valence-corrected chi connectivity index (χ3v) is 5.16. The molecule has 1 aliphatic rings. The molecule has 0 aromatic heterocycles. The summed E-state index contributed by atoms with van der Waals surface area (Å²) < 4.78 is 22.4. The molecular formula is C19H20BrNO5. The molecule has 0 saturated carbocycles. The summed E-state index contributed by atoms with van der Waals surface area (Å²) in [7, 11) is 6.33. The zero-order valence-electron chi connectivity index (χ0n) is 15.0. The van der Waals surface area contributed by atoms with Crippen LogP contribution >= 0.6 is 15.9 Å². The zero-order valence-corrected chi connectivity index (χ0v) is 16.6. The fraction of sp³-hybridized carbons (Fsp3) is 0.316. The van der Waals surface area contributed by atoms with Crippen LogP contribution in [0.4, 0.5) is 5.69 Å². The SMILES string of the molecule is COc1cc(Br)c([C@H]2CC(=O)Nc3cc(OC)c(OC)cc32)cc1OC. The van der Waals surface area contributed by atoms with E-state index in [1.54, 1.807) is 34.5 Å². The van der Waals surface area contributed by atoms with Crippen molar-refractivity contribution in [1.29, 1.82) is 0 Å². The van der Waals surface area contributed by atoms with Crippen LogP contribution in [0, 0.1) is 0 Å². The maximum Gasteiger partial charge on any atom is 0.225 e. The average Bonchev–Trinajstić information content (AvgIpc) is 2.65. The predicted molar refractivity (Wildman–Crippen MR) is 102 cm³/mol. The number of hydrogen-bond acceptors (Lipinski definition) is 5. The number of methoxy groups -OCH3 is 4. The summed E-state index contributed by atoms with van der Waals surface area (Å²) in [6, 6.07) is 7.43. The Morgan fingerprint density at radius 3 is 1.92 bits per heavy atom. The number of fused-ring (bicyclic) bond motifs is 1. The summed E-state index contributed by atoms with van der Waals surface area (Å²) in [5.41, 5.74) is 2.60. The van der Waals surface area contributed by atoms with Crippen LogP contribution < -0.4 is 24.3 Å². The first kappa shape index (κ1) is 18.4. The highest BCUT2D eigenvalue weighted by molar-refractivity contribution is 9.10. The highest BCUT2D eigenvalue weighted by Crippen LogP contribution is 2.46. The highest BCUT2D eigenvalue weighted by atomic mass is 79.9. The van der Waals surface area contributed by atoms with Crippen molar-refractivity contribution in [1.82, 2.24) is 0 Å². The Bertz CT molecular complexity index is 852. The number of amides is 1. The van der Waals surface area contributed by atoms with Crippen LogP contribution in [-0.2, 0) is 4.79 Å². The number of nitrogens with one attached hydrogen (secondary N) is 1. The summed E-state index contributed by atoms with van der Waals surface area (Å²) in [6.45, 7) is 0. The van der Waals surface area contributed by atoms with Crippen LogP contribution in [0.25, 0.3) is 0 Å². The lowest BCUT2D eigenvalue weighted by Gasteiger charge is -2.28. The van der Waals surface area contributed by atoms with Gasteiger partial charge in [0.25, 0.3) is 0 Å². The van der Waals surface area contributed by atoms with E-state index in [1.807, 2.05) is 18.2 Å². The van der Waals surface area contributed by atoms with Crippen molar-refractivity contribution in [3.63, 3.8) is 0 Å². The maximum atomic E-state index is 12.3. The number of carbonyl (C=O) groups is 1. The Kier molecular flexibility index (Phi) is 5.27. The van der Waals surface area contributed by atoms with Crippen molar-refractivity contribution in [3.05, 3.63) is 39.9 Å². The summed E-state index contributed by atoms with van der Waals surface area (Å²) in [6.07, 6.45) is 0.316. The van der Waals surface area contributed by atoms with Gasteiger partial charge in [-0.2, -0.15) is 0 Å². The molecule has 138 valence electrons. The van der Waals surface area contributed by atoms with Gasteiger partial charge in [0.15, 0.2) is 23.0 Å². The van der Waals surface area contributed by atoms with Crippen LogP contribution in [0.1, 0.15) is 23.5 Å². The highest BCUT2D eigenvalue weighted by Gasteiger charge is 2.30. The first-order valence-electron chi connectivity index (χ1n) is 7.99. The number of anilines is 1. The molecule has 1 atom stereocenters. The minimum Gasteiger partial charge on any atom is -0.493 e. The Balaban J connectivity index is 2.17. The summed E-state index contributed by atoms with van der Waals surface area (Å²) >= 11 is 3.60. The molecule has 7 heteroatoms. The lowest BCUT2D eigenvalue weighted by molar-refractivity contribution is -0.116. The monoisotopic (exact) mass is 421 g/mol. The van der Waals surface area contributed by atoms with Crippen LogP contribution in [0.3, 0.4) is 0 Å². The van der Waals surface area contributed by atoms with Crippen molar-refractivity contribution in [2.75, 3.05) is 33.8 Å². The first-order valence-corrected chi connectivity index (χ1v) is 8.78. The Morgan fingerprint density at radius 2 is 1.35 bits per heavy atom. The molecule has 0 bridgehead atoms. The van der Waals surface area contributed by atoms with Gasteiger partial charge in [-0.1, -0.05) is 15.9 Å². The quantitative estimate of drug-likeness (QED) is 0.791. The van der Waals surface area contributed by atoms with Gasteiger partial charge in [0, 0.05) is 28.6 Å². The van der Waals surface area contributed by atoms with Crippen molar-refractivity contribution in [2.45, 2.75) is 12.3 Å². The van der Waals surface area contributed by atoms with E-state index in [2.05, 4.69) is 21.2 Å². The van der Waals surface area contributed by atoms with Crippen molar-refractivity contribution >= 4 is 27.5 Å². The van der Waals surface area contributed by atoms with E-state index >= 15 is 0 Å². The van der Waals surface area contributed by atoms with E-state index in [0.29, 0.717) is 35.1 Å². The summed E-state index contributed by atoms with van der Waals surface area (Å²) in [4.78, 5) is 12.3. The lowest BCUT2D eigenvalue weighted by atomic mass is 9.84. The minimum atomic E-state index is -0.160. The Hall–Kier alpha value is -2.41. The fourth-order valence-corrected chi connectivity index (χ4v) is 3.80. The van der Waals surface area contributed by atoms with Gasteiger partial charge >= 0.3 is 0 Å².